The molecule has 0 bridgehead atoms. The van der Waals surface area contributed by atoms with Gasteiger partial charge in [-0.05, 0) is 25.0 Å². The van der Waals surface area contributed by atoms with E-state index < -0.39 is 0 Å². The lowest BCUT2D eigenvalue weighted by Crippen LogP contribution is -2.14. The maximum atomic E-state index is 11.7. The van der Waals surface area contributed by atoms with Gasteiger partial charge in [-0.15, -0.1) is 0 Å². The summed E-state index contributed by atoms with van der Waals surface area (Å²) in [5, 5.41) is 11.6. The molecule has 92 valence electrons. The average Bonchev–Trinajstić information content (AvgIpc) is 3.15. The van der Waals surface area contributed by atoms with Gasteiger partial charge < -0.3 is 15.2 Å². The molecule has 0 heterocycles. The highest BCUT2D eigenvalue weighted by Gasteiger charge is 2.29. The van der Waals surface area contributed by atoms with E-state index in [-0.39, 0.29) is 18.4 Å². The number of hydrogen-bond donors (Lipinski definition) is 2. The number of hydrogen-bond acceptors (Lipinski definition) is 3. The molecule has 4 heteroatoms. The molecule has 0 saturated heterocycles. The summed E-state index contributed by atoms with van der Waals surface area (Å²) in [5.74, 6) is 0.915. The Hall–Kier alpha value is -1.55. The lowest BCUT2D eigenvalue weighted by molar-refractivity contribution is -0.117. The Bertz CT molecular complexity index is 388. The molecule has 0 aliphatic heterocycles. The van der Waals surface area contributed by atoms with Crippen molar-refractivity contribution in [2.75, 3.05) is 18.5 Å². The summed E-state index contributed by atoms with van der Waals surface area (Å²) in [6.07, 6.45) is 2.56. The van der Waals surface area contributed by atoms with E-state index >= 15 is 0 Å². The second-order valence-corrected chi connectivity index (χ2v) is 4.19. The molecule has 1 aliphatic carbocycles. The molecule has 1 fully saturated rings. The van der Waals surface area contributed by atoms with Gasteiger partial charge in [0.25, 0.3) is 0 Å². The minimum atomic E-state index is 0.0724. The molecule has 1 aliphatic rings. The van der Waals surface area contributed by atoms with Gasteiger partial charge in [0.15, 0.2) is 0 Å². The summed E-state index contributed by atoms with van der Waals surface area (Å²) in [4.78, 5) is 11.7. The molecular formula is C13H17NO3. The van der Waals surface area contributed by atoms with Gasteiger partial charge in [-0.2, -0.15) is 0 Å². The zero-order valence-electron chi connectivity index (χ0n) is 9.69. The van der Waals surface area contributed by atoms with E-state index in [4.69, 9.17) is 9.84 Å². The monoisotopic (exact) mass is 235 g/mol. The summed E-state index contributed by atoms with van der Waals surface area (Å²) in [7, 11) is 0. The van der Waals surface area contributed by atoms with Crippen LogP contribution in [-0.2, 0) is 4.79 Å². The third-order valence-corrected chi connectivity index (χ3v) is 2.65. The van der Waals surface area contributed by atoms with Crippen LogP contribution in [0.5, 0.6) is 5.75 Å². The van der Waals surface area contributed by atoms with Crippen molar-refractivity contribution in [2.45, 2.75) is 19.3 Å². The van der Waals surface area contributed by atoms with Gasteiger partial charge >= 0.3 is 0 Å². The van der Waals surface area contributed by atoms with Crippen molar-refractivity contribution in [1.29, 1.82) is 0 Å². The largest absolute Gasteiger partial charge is 0.491 e. The number of aliphatic hydroxyl groups excluding tert-OH is 1. The van der Waals surface area contributed by atoms with Crippen LogP contribution in [0.2, 0.25) is 0 Å². The Morgan fingerprint density at radius 2 is 2.18 bits per heavy atom. The molecule has 17 heavy (non-hydrogen) atoms. The minimum Gasteiger partial charge on any atom is -0.491 e. The van der Waals surface area contributed by atoms with Crippen LogP contribution >= 0.6 is 0 Å². The number of para-hydroxylation sites is 2. The molecule has 0 atom stereocenters. The van der Waals surface area contributed by atoms with Crippen molar-refractivity contribution < 1.29 is 14.6 Å². The molecule has 1 aromatic rings. The quantitative estimate of drug-likeness (QED) is 0.739. The Morgan fingerprint density at radius 3 is 2.88 bits per heavy atom. The second kappa shape index (κ2) is 5.68. The summed E-state index contributed by atoms with van der Waals surface area (Å²) in [6, 6.07) is 7.37. The normalized spacial score (nSPS) is 14.4. The number of ether oxygens (including phenoxy) is 1. The van der Waals surface area contributed by atoms with Crippen molar-refractivity contribution in [1.82, 2.24) is 0 Å². The molecule has 0 unspecified atom stereocenters. The van der Waals surface area contributed by atoms with E-state index in [1.54, 1.807) is 0 Å². The zero-order valence-corrected chi connectivity index (χ0v) is 9.69. The number of carbonyl (C=O) groups is 1. The van der Waals surface area contributed by atoms with Crippen molar-refractivity contribution in [2.24, 2.45) is 5.92 Å². The molecule has 1 saturated carbocycles. The molecular weight excluding hydrogens is 218 g/mol. The predicted octanol–water partition coefficient (Wildman–Crippen LogP) is 1.80. The van der Waals surface area contributed by atoms with Gasteiger partial charge in [0.1, 0.15) is 5.75 Å². The van der Waals surface area contributed by atoms with Crippen LogP contribution < -0.4 is 10.1 Å². The van der Waals surface area contributed by atoms with Gasteiger partial charge in [-0.3, -0.25) is 4.79 Å². The van der Waals surface area contributed by atoms with Crippen LogP contribution in [0, 0.1) is 5.92 Å². The van der Waals surface area contributed by atoms with Crippen LogP contribution in [0.15, 0.2) is 24.3 Å². The molecule has 0 radical (unpaired) electrons. The smallest absolute Gasteiger partial charge is 0.227 e. The molecule has 1 amide bonds. The Labute approximate surface area is 101 Å². The van der Waals surface area contributed by atoms with Crippen molar-refractivity contribution in [3.8, 4) is 5.75 Å². The molecule has 0 aromatic heterocycles. The lowest BCUT2D eigenvalue weighted by Gasteiger charge is -2.11. The number of anilines is 1. The Kier molecular flexibility index (Phi) is 3.98. The maximum Gasteiger partial charge on any atom is 0.227 e. The van der Waals surface area contributed by atoms with Crippen LogP contribution in [0.1, 0.15) is 19.3 Å². The second-order valence-electron chi connectivity index (χ2n) is 4.19. The Morgan fingerprint density at radius 1 is 1.41 bits per heavy atom. The number of rotatable bonds is 6. The third-order valence-electron chi connectivity index (χ3n) is 2.65. The van der Waals surface area contributed by atoms with E-state index in [0.717, 1.165) is 12.8 Å². The first kappa shape index (κ1) is 11.9. The van der Waals surface area contributed by atoms with Crippen LogP contribution in [0.3, 0.4) is 0 Å². The maximum absolute atomic E-state index is 11.7. The van der Waals surface area contributed by atoms with Gasteiger partial charge in [0.2, 0.25) is 5.91 Å². The lowest BCUT2D eigenvalue weighted by atomic mass is 10.2. The molecule has 4 nitrogen and oxygen atoms in total. The van der Waals surface area contributed by atoms with E-state index in [0.29, 0.717) is 24.5 Å². The van der Waals surface area contributed by atoms with Crippen molar-refractivity contribution >= 4 is 11.6 Å². The van der Waals surface area contributed by atoms with Gasteiger partial charge in [-0.25, -0.2) is 0 Å². The standard InChI is InChI=1S/C13H17NO3/c15-8-3-9-17-12-5-2-1-4-11(12)14-13(16)10-6-7-10/h1-2,4-5,10,15H,3,6-9H2,(H,14,16). The summed E-state index contributed by atoms with van der Waals surface area (Å²) in [5.41, 5.74) is 0.710. The average molecular weight is 235 g/mol. The van der Waals surface area contributed by atoms with Crippen LogP contribution in [0.25, 0.3) is 0 Å². The summed E-state index contributed by atoms with van der Waals surface area (Å²) >= 11 is 0. The summed E-state index contributed by atoms with van der Waals surface area (Å²) in [6.45, 7) is 0.559. The predicted molar refractivity (Wildman–Crippen MR) is 65.0 cm³/mol. The third kappa shape index (κ3) is 3.46. The SMILES string of the molecule is O=C(Nc1ccccc1OCCCO)C1CC1. The minimum absolute atomic E-state index is 0.0724. The van der Waals surface area contributed by atoms with Gasteiger partial charge in [-0.1, -0.05) is 12.1 Å². The molecule has 2 rings (SSSR count). The van der Waals surface area contributed by atoms with Gasteiger partial charge in [0.05, 0.1) is 12.3 Å². The highest BCUT2D eigenvalue weighted by molar-refractivity contribution is 5.95. The van der Waals surface area contributed by atoms with Crippen molar-refractivity contribution in [3.63, 3.8) is 0 Å². The number of carbonyl (C=O) groups excluding carboxylic acids is 1. The highest BCUT2D eigenvalue weighted by atomic mass is 16.5. The summed E-state index contributed by atoms with van der Waals surface area (Å²) < 4.78 is 5.50. The topological polar surface area (TPSA) is 58.6 Å². The molecule has 1 aromatic carbocycles. The highest BCUT2D eigenvalue weighted by Crippen LogP contribution is 2.32. The first-order chi connectivity index (χ1) is 8.31. The fraction of sp³-hybridized carbons (Fsp3) is 0.462. The van der Waals surface area contributed by atoms with Gasteiger partial charge in [0, 0.05) is 18.9 Å². The molecule has 2 N–H and O–H groups in total. The molecule has 0 spiro atoms. The van der Waals surface area contributed by atoms with E-state index in [9.17, 15) is 4.79 Å². The first-order valence-electron chi connectivity index (χ1n) is 5.95. The van der Waals surface area contributed by atoms with E-state index in [1.807, 2.05) is 24.3 Å². The first-order valence-corrected chi connectivity index (χ1v) is 5.95. The number of benzene rings is 1. The van der Waals surface area contributed by atoms with Crippen LogP contribution in [-0.4, -0.2) is 24.2 Å². The van der Waals surface area contributed by atoms with Crippen molar-refractivity contribution in [3.05, 3.63) is 24.3 Å². The number of aliphatic hydroxyl groups is 1. The fourth-order valence-corrected chi connectivity index (χ4v) is 1.52. The Balaban J connectivity index is 1.96. The van der Waals surface area contributed by atoms with E-state index in [1.165, 1.54) is 0 Å². The number of amides is 1. The van der Waals surface area contributed by atoms with E-state index in [2.05, 4.69) is 5.32 Å². The fourth-order valence-electron chi connectivity index (χ4n) is 1.52. The number of nitrogens with one attached hydrogen (secondary N) is 1. The zero-order chi connectivity index (χ0) is 12.1. The van der Waals surface area contributed by atoms with Crippen LogP contribution in [0.4, 0.5) is 5.69 Å².